The molecule has 3 heteroatoms. The van der Waals surface area contributed by atoms with Gasteiger partial charge < -0.3 is 10.2 Å². The molecular weight excluding hydrogens is 228 g/mol. The molecule has 0 unspecified atom stereocenters. The van der Waals surface area contributed by atoms with E-state index in [0.717, 1.165) is 5.56 Å². The Morgan fingerprint density at radius 1 is 1.00 bits per heavy atom. The highest BCUT2D eigenvalue weighted by Crippen LogP contribution is 2.21. The zero-order valence-electron chi connectivity index (χ0n) is 9.58. The molecule has 0 aliphatic rings. The van der Waals surface area contributed by atoms with Gasteiger partial charge in [0.2, 0.25) is 0 Å². The monoisotopic (exact) mass is 240 g/mol. The van der Waals surface area contributed by atoms with Crippen LogP contribution in [-0.2, 0) is 0 Å². The van der Waals surface area contributed by atoms with E-state index in [1.54, 1.807) is 6.08 Å². The van der Waals surface area contributed by atoms with E-state index in [4.69, 9.17) is 5.11 Å². The van der Waals surface area contributed by atoms with E-state index in [2.05, 4.69) is 0 Å². The maximum absolute atomic E-state index is 10.8. The predicted molar refractivity (Wildman–Crippen MR) is 70.4 cm³/mol. The van der Waals surface area contributed by atoms with Crippen LogP contribution in [0, 0.1) is 0 Å². The molecule has 0 saturated carbocycles. The van der Waals surface area contributed by atoms with Crippen molar-refractivity contribution in [2.75, 3.05) is 0 Å². The molecule has 0 amide bonds. The van der Waals surface area contributed by atoms with Crippen molar-refractivity contribution in [1.82, 2.24) is 0 Å². The number of carbonyl (C=O) groups is 1. The van der Waals surface area contributed by atoms with E-state index in [0.29, 0.717) is 5.56 Å². The average molecular weight is 240 g/mol. The van der Waals surface area contributed by atoms with Crippen molar-refractivity contribution in [2.24, 2.45) is 0 Å². The first-order valence-corrected chi connectivity index (χ1v) is 5.46. The van der Waals surface area contributed by atoms with E-state index >= 15 is 0 Å². The molecule has 18 heavy (non-hydrogen) atoms. The first-order chi connectivity index (χ1) is 8.66. The molecule has 0 spiro atoms. The summed E-state index contributed by atoms with van der Waals surface area (Å²) < 4.78 is 0. The van der Waals surface area contributed by atoms with Gasteiger partial charge in [-0.15, -0.1) is 0 Å². The van der Waals surface area contributed by atoms with Crippen LogP contribution in [-0.4, -0.2) is 16.2 Å². The second-order valence-corrected chi connectivity index (χ2v) is 3.82. The van der Waals surface area contributed by atoms with Crippen LogP contribution in [0.15, 0.2) is 48.5 Å². The normalized spacial score (nSPS) is 10.7. The third kappa shape index (κ3) is 2.77. The van der Waals surface area contributed by atoms with E-state index in [-0.39, 0.29) is 11.3 Å². The van der Waals surface area contributed by atoms with Crippen molar-refractivity contribution < 1.29 is 15.0 Å². The van der Waals surface area contributed by atoms with Crippen LogP contribution in [0.25, 0.3) is 12.2 Å². The van der Waals surface area contributed by atoms with E-state index < -0.39 is 5.97 Å². The van der Waals surface area contributed by atoms with Crippen molar-refractivity contribution >= 4 is 18.1 Å². The smallest absolute Gasteiger partial charge is 0.335 e. The van der Waals surface area contributed by atoms with Crippen LogP contribution < -0.4 is 0 Å². The molecule has 0 bridgehead atoms. The standard InChI is InChI=1S/C15H12O3/c16-14-9-8-13(15(17)18)10-12(14)7-6-11-4-2-1-3-5-11/h1-10,16H,(H,17,18)/b7-6+. The maximum atomic E-state index is 10.8. The molecule has 2 N–H and O–H groups in total. The highest BCUT2D eigenvalue weighted by Gasteiger charge is 2.05. The summed E-state index contributed by atoms with van der Waals surface area (Å²) in [6.45, 7) is 0. The molecule has 0 heterocycles. The predicted octanol–water partition coefficient (Wildman–Crippen LogP) is 3.26. The Hall–Kier alpha value is -2.55. The maximum Gasteiger partial charge on any atom is 0.335 e. The number of benzene rings is 2. The largest absolute Gasteiger partial charge is 0.507 e. The fourth-order valence-corrected chi connectivity index (χ4v) is 1.57. The zero-order valence-corrected chi connectivity index (χ0v) is 9.58. The van der Waals surface area contributed by atoms with Crippen LogP contribution in [0.5, 0.6) is 5.75 Å². The number of rotatable bonds is 3. The van der Waals surface area contributed by atoms with Crippen LogP contribution in [0.3, 0.4) is 0 Å². The molecular formula is C15H12O3. The Kier molecular flexibility index (Phi) is 3.44. The van der Waals surface area contributed by atoms with Crippen molar-refractivity contribution in [3.05, 3.63) is 65.2 Å². The quantitative estimate of drug-likeness (QED) is 0.809. The third-order valence-corrected chi connectivity index (χ3v) is 2.53. The Labute approximate surface area is 105 Å². The van der Waals surface area contributed by atoms with Crippen LogP contribution >= 0.6 is 0 Å². The first-order valence-electron chi connectivity index (χ1n) is 5.46. The molecule has 0 atom stereocenters. The minimum atomic E-state index is -1.01. The number of aromatic carboxylic acids is 1. The molecule has 0 fully saturated rings. The van der Waals surface area contributed by atoms with Crippen molar-refractivity contribution in [2.45, 2.75) is 0 Å². The SMILES string of the molecule is O=C(O)c1ccc(O)c(/C=C/c2ccccc2)c1. The molecule has 2 aromatic carbocycles. The van der Waals surface area contributed by atoms with Gasteiger partial charge >= 0.3 is 5.97 Å². The summed E-state index contributed by atoms with van der Waals surface area (Å²) in [5.41, 5.74) is 1.62. The van der Waals surface area contributed by atoms with Gasteiger partial charge in [-0.05, 0) is 23.8 Å². The summed E-state index contributed by atoms with van der Waals surface area (Å²) >= 11 is 0. The van der Waals surface area contributed by atoms with Gasteiger partial charge in [0.05, 0.1) is 5.56 Å². The molecule has 0 radical (unpaired) electrons. The topological polar surface area (TPSA) is 57.5 Å². The molecule has 0 aliphatic carbocycles. The lowest BCUT2D eigenvalue weighted by molar-refractivity contribution is 0.0697. The van der Waals surface area contributed by atoms with Gasteiger partial charge in [-0.1, -0.05) is 42.5 Å². The number of carboxylic acids is 1. The second kappa shape index (κ2) is 5.19. The number of hydrogen-bond acceptors (Lipinski definition) is 2. The van der Waals surface area contributed by atoms with E-state index in [9.17, 15) is 9.90 Å². The van der Waals surface area contributed by atoms with Crippen LogP contribution in [0.4, 0.5) is 0 Å². The Balaban J connectivity index is 2.31. The van der Waals surface area contributed by atoms with Crippen LogP contribution in [0.1, 0.15) is 21.5 Å². The Morgan fingerprint density at radius 3 is 2.39 bits per heavy atom. The summed E-state index contributed by atoms with van der Waals surface area (Å²) in [5, 5.41) is 18.5. The molecule has 2 rings (SSSR count). The fraction of sp³-hybridized carbons (Fsp3) is 0. The average Bonchev–Trinajstić information content (AvgIpc) is 2.38. The van der Waals surface area contributed by atoms with E-state index in [1.165, 1.54) is 18.2 Å². The highest BCUT2D eigenvalue weighted by atomic mass is 16.4. The lowest BCUT2D eigenvalue weighted by atomic mass is 10.1. The van der Waals surface area contributed by atoms with Gasteiger partial charge in [-0.2, -0.15) is 0 Å². The Morgan fingerprint density at radius 2 is 1.72 bits per heavy atom. The second-order valence-electron chi connectivity index (χ2n) is 3.82. The van der Waals surface area contributed by atoms with Gasteiger partial charge in [-0.25, -0.2) is 4.79 Å². The fourth-order valence-electron chi connectivity index (χ4n) is 1.57. The highest BCUT2D eigenvalue weighted by molar-refractivity contribution is 5.89. The van der Waals surface area contributed by atoms with Crippen LogP contribution in [0.2, 0.25) is 0 Å². The molecule has 0 saturated heterocycles. The van der Waals surface area contributed by atoms with Crippen molar-refractivity contribution in [3.63, 3.8) is 0 Å². The van der Waals surface area contributed by atoms with E-state index in [1.807, 2.05) is 36.4 Å². The summed E-state index contributed by atoms with van der Waals surface area (Å²) in [6, 6.07) is 13.8. The van der Waals surface area contributed by atoms with Crippen molar-refractivity contribution in [3.8, 4) is 5.75 Å². The van der Waals surface area contributed by atoms with Gasteiger partial charge in [0.1, 0.15) is 5.75 Å². The zero-order chi connectivity index (χ0) is 13.0. The third-order valence-electron chi connectivity index (χ3n) is 2.53. The molecule has 90 valence electrons. The van der Waals surface area contributed by atoms with Gasteiger partial charge in [0, 0.05) is 5.56 Å². The number of aromatic hydroxyl groups is 1. The molecule has 0 aliphatic heterocycles. The molecule has 3 nitrogen and oxygen atoms in total. The summed E-state index contributed by atoms with van der Waals surface area (Å²) in [4.78, 5) is 10.8. The lowest BCUT2D eigenvalue weighted by Crippen LogP contribution is -1.95. The summed E-state index contributed by atoms with van der Waals surface area (Å²) in [7, 11) is 0. The first kappa shape index (κ1) is 11.9. The Bertz CT molecular complexity index is 586. The number of phenolic OH excluding ortho intramolecular Hbond substituents is 1. The number of carboxylic acid groups (broad SMARTS) is 1. The van der Waals surface area contributed by atoms with Crippen molar-refractivity contribution in [1.29, 1.82) is 0 Å². The molecule has 2 aromatic rings. The minimum absolute atomic E-state index is 0.0622. The van der Waals surface area contributed by atoms with Gasteiger partial charge in [-0.3, -0.25) is 0 Å². The summed E-state index contributed by atoms with van der Waals surface area (Å²) in [5.74, 6) is -0.948. The van der Waals surface area contributed by atoms with Gasteiger partial charge in [0.15, 0.2) is 0 Å². The molecule has 0 aromatic heterocycles. The number of phenols is 1. The summed E-state index contributed by atoms with van der Waals surface area (Å²) in [6.07, 6.45) is 3.51. The minimum Gasteiger partial charge on any atom is -0.507 e. The number of hydrogen-bond donors (Lipinski definition) is 2. The lowest BCUT2D eigenvalue weighted by Gasteiger charge is -2.01. The van der Waals surface area contributed by atoms with Gasteiger partial charge in [0.25, 0.3) is 0 Å².